The lowest BCUT2D eigenvalue weighted by atomic mass is 10.1. The number of amides is 1. The maximum absolute atomic E-state index is 12.5. The van der Waals surface area contributed by atoms with E-state index in [0.29, 0.717) is 22.3 Å². The lowest BCUT2D eigenvalue weighted by Gasteiger charge is -2.08. The highest BCUT2D eigenvalue weighted by atomic mass is 32.2. The van der Waals surface area contributed by atoms with Gasteiger partial charge in [-0.3, -0.25) is 4.79 Å². The molecule has 1 aromatic heterocycles. The van der Waals surface area contributed by atoms with Crippen molar-refractivity contribution in [2.45, 2.75) is 11.4 Å². The van der Waals surface area contributed by atoms with Crippen LogP contribution in [0.4, 0.5) is 5.95 Å². The number of aromatic nitrogens is 2. The highest BCUT2D eigenvalue weighted by Crippen LogP contribution is 2.27. The van der Waals surface area contributed by atoms with Gasteiger partial charge in [0.25, 0.3) is 5.91 Å². The van der Waals surface area contributed by atoms with Gasteiger partial charge in [0, 0.05) is 12.8 Å². The first kappa shape index (κ1) is 17.7. The average Bonchev–Trinajstić information content (AvgIpc) is 2.99. The van der Waals surface area contributed by atoms with Crippen molar-refractivity contribution < 1.29 is 17.9 Å². The average molecular weight is 374 g/mol. The van der Waals surface area contributed by atoms with Gasteiger partial charge in [0.15, 0.2) is 15.8 Å². The molecule has 26 heavy (non-hydrogen) atoms. The van der Waals surface area contributed by atoms with Crippen molar-refractivity contribution in [3.05, 3.63) is 47.5 Å². The Morgan fingerprint density at radius 3 is 2.54 bits per heavy atom. The van der Waals surface area contributed by atoms with Crippen LogP contribution in [-0.4, -0.2) is 37.7 Å². The Hall–Kier alpha value is -3.07. The zero-order chi connectivity index (χ0) is 18.9. The first-order valence-corrected chi connectivity index (χ1v) is 9.58. The van der Waals surface area contributed by atoms with Crippen molar-refractivity contribution in [3.8, 4) is 5.75 Å². The van der Waals surface area contributed by atoms with E-state index in [9.17, 15) is 13.2 Å². The van der Waals surface area contributed by atoms with Crippen LogP contribution in [0.15, 0.2) is 41.3 Å². The number of fused-ring (bicyclic) bond motifs is 1. The van der Waals surface area contributed by atoms with E-state index in [-0.39, 0.29) is 23.3 Å². The molecule has 4 N–H and O–H groups in total. The Morgan fingerprint density at radius 1 is 1.23 bits per heavy atom. The van der Waals surface area contributed by atoms with Crippen LogP contribution in [0.1, 0.15) is 15.9 Å². The number of carbonyl (C=O) groups is 1. The quantitative estimate of drug-likeness (QED) is 0.621. The fraction of sp³-hybridized carbons (Fsp3) is 0.176. The molecule has 0 fully saturated rings. The molecule has 0 radical (unpaired) electrons. The first-order valence-electron chi connectivity index (χ1n) is 7.69. The second-order valence-electron chi connectivity index (χ2n) is 5.76. The summed E-state index contributed by atoms with van der Waals surface area (Å²) in [5, 5.41) is 2.79. The fourth-order valence-corrected chi connectivity index (χ4v) is 3.20. The molecule has 2 aromatic carbocycles. The second-order valence-corrected chi connectivity index (χ2v) is 7.78. The van der Waals surface area contributed by atoms with Crippen molar-refractivity contribution in [2.75, 3.05) is 19.1 Å². The van der Waals surface area contributed by atoms with Crippen molar-refractivity contribution >= 4 is 32.7 Å². The number of H-pyrrole nitrogens is 1. The van der Waals surface area contributed by atoms with Crippen LogP contribution in [-0.2, 0) is 16.4 Å². The number of hydrogen-bond donors (Lipinski definition) is 3. The molecule has 0 unspecified atom stereocenters. The fourth-order valence-electron chi connectivity index (χ4n) is 2.57. The molecule has 3 aromatic rings. The summed E-state index contributed by atoms with van der Waals surface area (Å²) in [6.07, 6.45) is 1.15. The van der Waals surface area contributed by atoms with E-state index in [2.05, 4.69) is 15.3 Å². The number of imidazole rings is 1. The minimum Gasteiger partial charge on any atom is -0.494 e. The van der Waals surface area contributed by atoms with Crippen molar-refractivity contribution in [1.29, 1.82) is 0 Å². The van der Waals surface area contributed by atoms with Crippen LogP contribution in [0.5, 0.6) is 5.75 Å². The number of anilines is 1. The number of sulfone groups is 1. The lowest BCUT2D eigenvalue weighted by Crippen LogP contribution is -2.23. The van der Waals surface area contributed by atoms with Gasteiger partial charge in [0.05, 0.1) is 17.6 Å². The molecule has 0 aliphatic carbocycles. The summed E-state index contributed by atoms with van der Waals surface area (Å²) in [6.45, 7) is 0.246. The van der Waals surface area contributed by atoms with E-state index < -0.39 is 9.84 Å². The highest BCUT2D eigenvalue weighted by molar-refractivity contribution is 7.90. The molecule has 8 nitrogen and oxygen atoms in total. The van der Waals surface area contributed by atoms with E-state index >= 15 is 0 Å². The molecular weight excluding hydrogens is 356 g/mol. The minimum atomic E-state index is -3.25. The largest absolute Gasteiger partial charge is 0.494 e. The molecule has 9 heteroatoms. The van der Waals surface area contributed by atoms with Gasteiger partial charge >= 0.3 is 0 Å². The third-order valence-corrected chi connectivity index (χ3v) is 5.02. The molecule has 0 aliphatic heterocycles. The van der Waals surface area contributed by atoms with Gasteiger partial charge in [0.1, 0.15) is 16.8 Å². The van der Waals surface area contributed by atoms with Gasteiger partial charge in [-0.2, -0.15) is 0 Å². The number of nitrogen functional groups attached to an aromatic ring is 1. The van der Waals surface area contributed by atoms with E-state index in [0.717, 1.165) is 11.8 Å². The van der Waals surface area contributed by atoms with Crippen LogP contribution in [0.2, 0.25) is 0 Å². The standard InChI is InChI=1S/C17H18N4O4S/c1-25-13-8-7-12(14-15(13)21-17(18)20-14)16(22)19-9-10-3-5-11(6-4-10)26(2,23)24/h3-8H,9H2,1-2H3,(H,19,22)(H3,18,20,21). The zero-order valence-electron chi connectivity index (χ0n) is 14.2. The first-order chi connectivity index (χ1) is 12.3. The number of ether oxygens (including phenoxy) is 1. The van der Waals surface area contributed by atoms with Gasteiger partial charge in [-0.05, 0) is 29.8 Å². The number of nitrogens with one attached hydrogen (secondary N) is 2. The SMILES string of the molecule is COc1ccc(C(=O)NCc2ccc(S(C)(=O)=O)cc2)c2nc(N)[nH]c12. The summed E-state index contributed by atoms with van der Waals surface area (Å²) in [4.78, 5) is 19.8. The Morgan fingerprint density at radius 2 is 1.92 bits per heavy atom. The number of benzene rings is 2. The number of carbonyl (C=O) groups excluding carboxylic acids is 1. The summed E-state index contributed by atoms with van der Waals surface area (Å²) in [5.41, 5.74) is 7.81. The van der Waals surface area contributed by atoms with Gasteiger partial charge in [-0.15, -0.1) is 0 Å². The number of nitrogens with zero attached hydrogens (tertiary/aromatic N) is 1. The van der Waals surface area contributed by atoms with Crippen LogP contribution in [0.3, 0.4) is 0 Å². The van der Waals surface area contributed by atoms with E-state index in [1.807, 2.05) is 0 Å². The summed E-state index contributed by atoms with van der Waals surface area (Å²) in [5.74, 6) is 0.406. The molecular formula is C17H18N4O4S. The van der Waals surface area contributed by atoms with Gasteiger partial charge in [-0.25, -0.2) is 13.4 Å². The molecule has 3 rings (SSSR count). The predicted octanol–water partition coefficient (Wildman–Crippen LogP) is 1.49. The molecule has 0 aliphatic rings. The summed E-state index contributed by atoms with van der Waals surface area (Å²) >= 11 is 0. The van der Waals surface area contributed by atoms with Crippen molar-refractivity contribution in [2.24, 2.45) is 0 Å². The summed E-state index contributed by atoms with van der Waals surface area (Å²) in [7, 11) is -1.73. The molecule has 1 heterocycles. The van der Waals surface area contributed by atoms with E-state index in [1.165, 1.54) is 19.2 Å². The Balaban J connectivity index is 1.80. The third-order valence-electron chi connectivity index (χ3n) is 3.89. The molecule has 0 atom stereocenters. The normalized spacial score (nSPS) is 11.5. The predicted molar refractivity (Wildman–Crippen MR) is 97.8 cm³/mol. The van der Waals surface area contributed by atoms with E-state index in [1.54, 1.807) is 24.3 Å². The van der Waals surface area contributed by atoms with Crippen LogP contribution in [0, 0.1) is 0 Å². The van der Waals surface area contributed by atoms with E-state index in [4.69, 9.17) is 10.5 Å². The highest BCUT2D eigenvalue weighted by Gasteiger charge is 2.16. The van der Waals surface area contributed by atoms with Gasteiger partial charge in [0.2, 0.25) is 0 Å². The molecule has 0 spiro atoms. The second kappa shape index (κ2) is 6.68. The van der Waals surface area contributed by atoms with Gasteiger partial charge < -0.3 is 20.8 Å². The summed E-state index contributed by atoms with van der Waals surface area (Å²) in [6, 6.07) is 9.62. The number of nitrogens with two attached hydrogens (primary N) is 1. The molecule has 0 bridgehead atoms. The Kier molecular flexibility index (Phi) is 4.56. The number of rotatable bonds is 5. The van der Waals surface area contributed by atoms with Crippen LogP contribution < -0.4 is 15.8 Å². The van der Waals surface area contributed by atoms with Crippen LogP contribution in [0.25, 0.3) is 11.0 Å². The maximum Gasteiger partial charge on any atom is 0.253 e. The maximum atomic E-state index is 12.5. The van der Waals surface area contributed by atoms with Gasteiger partial charge in [-0.1, -0.05) is 12.1 Å². The monoisotopic (exact) mass is 374 g/mol. The Bertz CT molecular complexity index is 1070. The third kappa shape index (κ3) is 3.47. The van der Waals surface area contributed by atoms with Crippen molar-refractivity contribution in [1.82, 2.24) is 15.3 Å². The zero-order valence-corrected chi connectivity index (χ0v) is 15.1. The molecule has 1 amide bonds. The number of methoxy groups -OCH3 is 1. The Labute approximate surface area is 150 Å². The molecule has 136 valence electrons. The number of aromatic amines is 1. The number of hydrogen-bond acceptors (Lipinski definition) is 6. The van der Waals surface area contributed by atoms with Crippen LogP contribution >= 0.6 is 0 Å². The molecule has 0 saturated carbocycles. The summed E-state index contributed by atoms with van der Waals surface area (Å²) < 4.78 is 28.2. The van der Waals surface area contributed by atoms with Crippen molar-refractivity contribution in [3.63, 3.8) is 0 Å². The minimum absolute atomic E-state index is 0.190. The smallest absolute Gasteiger partial charge is 0.253 e. The lowest BCUT2D eigenvalue weighted by molar-refractivity contribution is 0.0952. The molecule has 0 saturated heterocycles. The topological polar surface area (TPSA) is 127 Å².